The molecular formula is C27H27F3N2O3. The second-order valence-corrected chi connectivity index (χ2v) is 8.45. The second kappa shape index (κ2) is 10.8. The minimum absolute atomic E-state index is 0.204. The van der Waals surface area contributed by atoms with E-state index in [1.807, 2.05) is 18.2 Å². The van der Waals surface area contributed by atoms with Gasteiger partial charge in [-0.05, 0) is 84.8 Å². The summed E-state index contributed by atoms with van der Waals surface area (Å²) >= 11 is 0. The van der Waals surface area contributed by atoms with Crippen LogP contribution in [0.5, 0.6) is 11.5 Å². The Morgan fingerprint density at radius 2 is 1.86 bits per heavy atom. The molecule has 2 aromatic carbocycles. The van der Waals surface area contributed by atoms with Crippen molar-refractivity contribution in [2.45, 2.75) is 37.8 Å². The van der Waals surface area contributed by atoms with Crippen LogP contribution >= 0.6 is 0 Å². The first-order valence-electron chi connectivity index (χ1n) is 11.5. The maximum Gasteiger partial charge on any atom is 0.419 e. The van der Waals surface area contributed by atoms with E-state index >= 15 is 0 Å². The number of aryl methyl sites for hydroxylation is 1. The Kier molecular flexibility index (Phi) is 7.58. The average Bonchev–Trinajstić information content (AvgIpc) is 3.25. The van der Waals surface area contributed by atoms with E-state index in [0.717, 1.165) is 30.9 Å². The number of pyridine rings is 1. The highest BCUT2D eigenvalue weighted by Crippen LogP contribution is 2.37. The van der Waals surface area contributed by atoms with Gasteiger partial charge in [0, 0.05) is 18.5 Å². The molecule has 1 aromatic heterocycles. The van der Waals surface area contributed by atoms with Gasteiger partial charge in [-0.2, -0.15) is 13.2 Å². The van der Waals surface area contributed by atoms with Gasteiger partial charge in [0.15, 0.2) is 0 Å². The van der Waals surface area contributed by atoms with Gasteiger partial charge in [-0.15, -0.1) is 0 Å². The van der Waals surface area contributed by atoms with Crippen molar-refractivity contribution in [2.75, 3.05) is 25.6 Å². The Morgan fingerprint density at radius 3 is 2.57 bits per heavy atom. The van der Waals surface area contributed by atoms with Gasteiger partial charge in [-0.25, -0.2) is 4.98 Å². The summed E-state index contributed by atoms with van der Waals surface area (Å²) in [6.45, 7) is 0.623. The number of halogens is 3. The first kappa shape index (κ1) is 24.6. The molecule has 0 bridgehead atoms. The van der Waals surface area contributed by atoms with Crippen LogP contribution in [-0.4, -0.2) is 31.5 Å². The molecule has 1 heterocycles. The Hall–Kier alpha value is -3.55. The van der Waals surface area contributed by atoms with E-state index in [4.69, 9.17) is 9.47 Å². The highest BCUT2D eigenvalue weighted by molar-refractivity contribution is 5.64. The molecule has 8 heteroatoms. The fraction of sp³-hybridized carbons (Fsp3) is 0.333. The number of hydrogen-bond acceptors (Lipinski definition) is 5. The summed E-state index contributed by atoms with van der Waals surface area (Å²) < 4.78 is 51.5. The van der Waals surface area contributed by atoms with E-state index in [1.165, 1.54) is 17.2 Å². The van der Waals surface area contributed by atoms with E-state index < -0.39 is 11.7 Å². The number of alkyl halides is 3. The summed E-state index contributed by atoms with van der Waals surface area (Å²) in [6, 6.07) is 15.3. The number of nitrogens with one attached hydrogen (secondary N) is 1. The lowest BCUT2D eigenvalue weighted by Crippen LogP contribution is -2.15. The summed E-state index contributed by atoms with van der Waals surface area (Å²) in [6.07, 6.45) is -0.642. The molecule has 0 radical (unpaired) electrons. The van der Waals surface area contributed by atoms with Gasteiger partial charge < -0.3 is 19.6 Å². The SMILES string of the molecule is COc1ccc(-c2ccc(C(F)(F)F)c(NCCCOc3ccc4c(c3)CC[C@H]4CC=O)n2)cc1. The Labute approximate surface area is 202 Å². The van der Waals surface area contributed by atoms with Crippen molar-refractivity contribution in [1.82, 2.24) is 4.98 Å². The molecule has 4 rings (SSSR count). The number of hydrogen-bond donors (Lipinski definition) is 1. The molecule has 1 aliphatic carbocycles. The van der Waals surface area contributed by atoms with E-state index in [9.17, 15) is 18.0 Å². The molecule has 0 unspecified atom stereocenters. The number of anilines is 1. The van der Waals surface area contributed by atoms with Crippen molar-refractivity contribution in [3.05, 3.63) is 71.3 Å². The first-order chi connectivity index (χ1) is 16.9. The van der Waals surface area contributed by atoms with Crippen LogP contribution in [0.3, 0.4) is 0 Å². The number of fused-ring (bicyclic) bond motifs is 1. The van der Waals surface area contributed by atoms with E-state index in [1.54, 1.807) is 31.4 Å². The number of aromatic nitrogens is 1. The highest BCUT2D eigenvalue weighted by atomic mass is 19.4. The third-order valence-electron chi connectivity index (χ3n) is 6.17. The quantitative estimate of drug-likeness (QED) is 0.271. The third-order valence-corrected chi connectivity index (χ3v) is 6.17. The molecule has 1 N–H and O–H groups in total. The van der Waals surface area contributed by atoms with E-state index in [0.29, 0.717) is 36.5 Å². The first-order valence-corrected chi connectivity index (χ1v) is 11.5. The molecule has 0 saturated heterocycles. The number of aldehydes is 1. The molecule has 0 saturated carbocycles. The van der Waals surface area contributed by atoms with Gasteiger partial charge in [-0.1, -0.05) is 6.07 Å². The van der Waals surface area contributed by atoms with Crippen molar-refractivity contribution in [2.24, 2.45) is 0 Å². The van der Waals surface area contributed by atoms with Gasteiger partial charge in [0.1, 0.15) is 23.6 Å². The normalized spacial score (nSPS) is 14.9. The van der Waals surface area contributed by atoms with E-state index in [2.05, 4.69) is 10.3 Å². The van der Waals surface area contributed by atoms with Crippen LogP contribution < -0.4 is 14.8 Å². The Bertz CT molecular complexity index is 1160. The summed E-state index contributed by atoms with van der Waals surface area (Å²) in [4.78, 5) is 15.1. The zero-order valence-electron chi connectivity index (χ0n) is 19.4. The molecule has 0 fully saturated rings. The summed E-state index contributed by atoms with van der Waals surface area (Å²) in [7, 11) is 1.55. The third kappa shape index (κ3) is 5.93. The number of benzene rings is 2. The minimum atomic E-state index is -4.52. The number of rotatable bonds is 10. The molecule has 184 valence electrons. The maximum absolute atomic E-state index is 13.5. The number of carbonyl (C=O) groups is 1. The molecule has 0 aliphatic heterocycles. The fourth-order valence-electron chi connectivity index (χ4n) is 4.35. The van der Waals surface area contributed by atoms with Crippen LogP contribution in [-0.2, 0) is 17.4 Å². The zero-order valence-corrected chi connectivity index (χ0v) is 19.4. The molecule has 0 spiro atoms. The van der Waals surface area contributed by atoms with Crippen molar-refractivity contribution >= 4 is 12.1 Å². The molecule has 5 nitrogen and oxygen atoms in total. The van der Waals surface area contributed by atoms with Crippen molar-refractivity contribution in [3.63, 3.8) is 0 Å². The molecule has 1 aliphatic rings. The van der Waals surface area contributed by atoms with Gasteiger partial charge in [-0.3, -0.25) is 0 Å². The zero-order chi connectivity index (χ0) is 24.8. The van der Waals surface area contributed by atoms with Crippen LogP contribution in [0.1, 0.15) is 41.9 Å². The van der Waals surface area contributed by atoms with Gasteiger partial charge in [0.25, 0.3) is 0 Å². The van der Waals surface area contributed by atoms with Crippen LogP contribution in [0.2, 0.25) is 0 Å². The highest BCUT2D eigenvalue weighted by Gasteiger charge is 2.34. The summed E-state index contributed by atoms with van der Waals surface area (Å²) in [5.74, 6) is 1.46. The summed E-state index contributed by atoms with van der Waals surface area (Å²) in [5, 5.41) is 2.83. The lowest BCUT2D eigenvalue weighted by atomic mass is 9.99. The number of ether oxygens (including phenoxy) is 2. The average molecular weight is 485 g/mol. The second-order valence-electron chi connectivity index (χ2n) is 8.45. The number of nitrogens with zero attached hydrogens (tertiary/aromatic N) is 1. The van der Waals surface area contributed by atoms with Crippen LogP contribution in [0.4, 0.5) is 19.0 Å². The maximum atomic E-state index is 13.5. The largest absolute Gasteiger partial charge is 0.497 e. The minimum Gasteiger partial charge on any atom is -0.497 e. The Morgan fingerprint density at radius 1 is 1.09 bits per heavy atom. The molecular weight excluding hydrogens is 457 g/mol. The van der Waals surface area contributed by atoms with Gasteiger partial charge in [0.2, 0.25) is 0 Å². The van der Waals surface area contributed by atoms with Crippen LogP contribution in [0, 0.1) is 0 Å². The number of methoxy groups -OCH3 is 1. The Balaban J connectivity index is 1.36. The standard InChI is InChI=1S/C27H27F3N2O3/c1-34-21-7-5-19(6-8-21)25-12-11-24(27(28,29)30)26(32-25)31-14-2-16-35-22-9-10-23-18(13-15-33)3-4-20(23)17-22/h5-12,15,17-18H,2-4,13-14,16H2,1H3,(H,31,32)/t18-/m0/s1. The van der Waals surface area contributed by atoms with Crippen molar-refractivity contribution in [1.29, 1.82) is 0 Å². The predicted octanol–water partition coefficient (Wildman–Crippen LogP) is 6.28. The summed E-state index contributed by atoms with van der Waals surface area (Å²) in [5.41, 5.74) is 2.72. The number of carbonyl (C=O) groups excluding carboxylic acids is 1. The molecule has 0 amide bonds. The molecule has 35 heavy (non-hydrogen) atoms. The van der Waals surface area contributed by atoms with Crippen LogP contribution in [0.15, 0.2) is 54.6 Å². The topological polar surface area (TPSA) is 60.5 Å². The molecule has 1 atom stereocenters. The monoisotopic (exact) mass is 484 g/mol. The van der Waals surface area contributed by atoms with Gasteiger partial charge >= 0.3 is 6.18 Å². The predicted molar refractivity (Wildman–Crippen MR) is 128 cm³/mol. The van der Waals surface area contributed by atoms with E-state index in [-0.39, 0.29) is 18.3 Å². The van der Waals surface area contributed by atoms with Crippen LogP contribution in [0.25, 0.3) is 11.3 Å². The lowest BCUT2D eigenvalue weighted by molar-refractivity contribution is -0.137. The fourth-order valence-corrected chi connectivity index (χ4v) is 4.35. The smallest absolute Gasteiger partial charge is 0.419 e. The van der Waals surface area contributed by atoms with Gasteiger partial charge in [0.05, 0.1) is 25.0 Å². The molecule has 3 aromatic rings. The lowest BCUT2D eigenvalue weighted by Gasteiger charge is -2.15. The van der Waals surface area contributed by atoms with Crippen molar-refractivity contribution in [3.8, 4) is 22.8 Å². The van der Waals surface area contributed by atoms with Crippen molar-refractivity contribution < 1.29 is 27.4 Å².